The molecular formula is C21H30O5. The normalized spacial score (nSPS) is 37.0. The number of rotatable bonds is 5. The number of esters is 1. The molecule has 0 saturated heterocycles. The number of carbonyl (C=O) groups is 1. The first-order valence-electron chi connectivity index (χ1n) is 9.45. The third-order valence-electron chi connectivity index (χ3n) is 7.06. The average molecular weight is 362 g/mol. The smallest absolute Gasteiger partial charge is 0.333 e. The number of hydrogen-bond donors (Lipinski definition) is 2. The first kappa shape index (κ1) is 19.2. The molecule has 0 aromatic carbocycles. The highest BCUT2D eigenvalue weighted by atomic mass is 16.5. The zero-order valence-corrected chi connectivity index (χ0v) is 15.9. The molecule has 0 amide bonds. The molecule has 3 rings (SSSR count). The molecule has 2 N–H and O–H groups in total. The summed E-state index contributed by atoms with van der Waals surface area (Å²) in [5, 5.41) is 21.0. The number of aliphatic hydroxyl groups excluding tert-OH is 2. The molecule has 0 bridgehead atoms. The van der Waals surface area contributed by atoms with Crippen molar-refractivity contribution in [3.63, 3.8) is 0 Å². The minimum atomic E-state index is -0.530. The summed E-state index contributed by atoms with van der Waals surface area (Å²) in [4.78, 5) is 12.4. The fourth-order valence-corrected chi connectivity index (χ4v) is 5.65. The maximum absolute atomic E-state index is 12.4. The van der Waals surface area contributed by atoms with Crippen molar-refractivity contribution >= 4 is 5.97 Å². The molecule has 0 radical (unpaired) electrons. The molecule has 1 aromatic heterocycles. The first-order chi connectivity index (χ1) is 12.4. The Morgan fingerprint density at radius 2 is 2.19 bits per heavy atom. The number of methoxy groups -OCH3 is 1. The monoisotopic (exact) mass is 362 g/mol. The zero-order valence-electron chi connectivity index (χ0n) is 15.9. The number of fused-ring (bicyclic) bond motifs is 1. The molecule has 2 aliphatic carbocycles. The zero-order chi connectivity index (χ0) is 18.9. The van der Waals surface area contributed by atoms with Gasteiger partial charge in [-0.3, -0.25) is 0 Å². The second-order valence-electron chi connectivity index (χ2n) is 8.36. The topological polar surface area (TPSA) is 79.9 Å². The largest absolute Gasteiger partial charge is 0.472 e. The van der Waals surface area contributed by atoms with Crippen molar-refractivity contribution in [3.8, 4) is 0 Å². The first-order valence-corrected chi connectivity index (χ1v) is 9.45. The Balaban J connectivity index is 1.97. The molecule has 1 saturated carbocycles. The number of furan rings is 1. The van der Waals surface area contributed by atoms with E-state index in [1.54, 1.807) is 12.5 Å². The number of aliphatic hydroxyl groups is 2. The van der Waals surface area contributed by atoms with Gasteiger partial charge in [0.05, 0.1) is 25.7 Å². The highest BCUT2D eigenvalue weighted by Crippen LogP contribution is 2.61. The molecule has 0 aliphatic heterocycles. The van der Waals surface area contributed by atoms with Gasteiger partial charge in [-0.25, -0.2) is 4.79 Å². The number of hydrogen-bond acceptors (Lipinski definition) is 5. The van der Waals surface area contributed by atoms with Crippen molar-refractivity contribution in [2.75, 3.05) is 13.7 Å². The van der Waals surface area contributed by atoms with Crippen molar-refractivity contribution in [2.45, 2.75) is 52.1 Å². The lowest BCUT2D eigenvalue weighted by Crippen LogP contribution is -2.57. The lowest BCUT2D eigenvalue weighted by Gasteiger charge is -2.59. The van der Waals surface area contributed by atoms with Gasteiger partial charge in [0.2, 0.25) is 0 Å². The predicted octanol–water partition coefficient (Wildman–Crippen LogP) is 3.11. The summed E-state index contributed by atoms with van der Waals surface area (Å²) in [7, 11) is 1.41. The average Bonchev–Trinajstić information content (AvgIpc) is 3.13. The van der Waals surface area contributed by atoms with Crippen molar-refractivity contribution in [3.05, 3.63) is 35.8 Å². The molecule has 5 atom stereocenters. The lowest BCUT2D eigenvalue weighted by atomic mass is 9.46. The van der Waals surface area contributed by atoms with Crippen molar-refractivity contribution in [1.82, 2.24) is 0 Å². The maximum Gasteiger partial charge on any atom is 0.333 e. The van der Waals surface area contributed by atoms with Crippen LogP contribution in [0.2, 0.25) is 0 Å². The summed E-state index contributed by atoms with van der Waals surface area (Å²) in [6, 6.07) is 1.95. The molecule has 1 heterocycles. The number of ether oxygens (including phenoxy) is 1. The van der Waals surface area contributed by atoms with Crippen LogP contribution in [0.3, 0.4) is 0 Å². The summed E-state index contributed by atoms with van der Waals surface area (Å²) in [5.74, 6) is -0.310. The van der Waals surface area contributed by atoms with Crippen LogP contribution in [0.5, 0.6) is 0 Å². The van der Waals surface area contributed by atoms with Crippen LogP contribution in [0, 0.1) is 22.7 Å². The van der Waals surface area contributed by atoms with E-state index in [9.17, 15) is 15.0 Å². The minimum absolute atomic E-state index is 0.0957. The predicted molar refractivity (Wildman–Crippen MR) is 97.3 cm³/mol. The van der Waals surface area contributed by atoms with Crippen LogP contribution in [0.4, 0.5) is 0 Å². The van der Waals surface area contributed by atoms with Gasteiger partial charge in [-0.1, -0.05) is 19.9 Å². The van der Waals surface area contributed by atoms with Gasteiger partial charge in [0, 0.05) is 23.5 Å². The van der Waals surface area contributed by atoms with E-state index < -0.39 is 11.5 Å². The Bertz CT molecular complexity index is 664. The fourth-order valence-electron chi connectivity index (χ4n) is 5.65. The van der Waals surface area contributed by atoms with Gasteiger partial charge in [0.1, 0.15) is 0 Å². The lowest BCUT2D eigenvalue weighted by molar-refractivity contribution is -0.148. The summed E-state index contributed by atoms with van der Waals surface area (Å²) >= 11 is 0. The van der Waals surface area contributed by atoms with E-state index in [-0.39, 0.29) is 29.8 Å². The van der Waals surface area contributed by atoms with Crippen molar-refractivity contribution in [1.29, 1.82) is 0 Å². The van der Waals surface area contributed by atoms with E-state index >= 15 is 0 Å². The summed E-state index contributed by atoms with van der Waals surface area (Å²) in [6.07, 6.45) is 8.42. The quantitative estimate of drug-likeness (QED) is 0.787. The molecule has 5 unspecified atom stereocenters. The van der Waals surface area contributed by atoms with Gasteiger partial charge in [0.15, 0.2) is 0 Å². The molecular weight excluding hydrogens is 332 g/mol. The van der Waals surface area contributed by atoms with Crippen molar-refractivity contribution < 1.29 is 24.2 Å². The fraction of sp³-hybridized carbons (Fsp3) is 0.667. The second kappa shape index (κ2) is 7.20. The Kier molecular flexibility index (Phi) is 5.31. The van der Waals surface area contributed by atoms with Gasteiger partial charge in [0.25, 0.3) is 0 Å². The minimum Gasteiger partial charge on any atom is -0.472 e. The third-order valence-corrected chi connectivity index (χ3v) is 7.06. The summed E-state index contributed by atoms with van der Waals surface area (Å²) in [5.41, 5.74) is 1.07. The van der Waals surface area contributed by atoms with E-state index in [0.29, 0.717) is 12.0 Å². The van der Waals surface area contributed by atoms with Crippen LogP contribution < -0.4 is 0 Å². The van der Waals surface area contributed by atoms with E-state index in [1.165, 1.54) is 7.11 Å². The Labute approximate surface area is 155 Å². The maximum atomic E-state index is 12.4. The van der Waals surface area contributed by atoms with E-state index in [1.807, 2.05) is 12.1 Å². The SMILES string of the molecule is COC(=O)C1=CCC(O)C2C1(C)CCC(CO)C2(C)CCc1ccoc1. The summed E-state index contributed by atoms with van der Waals surface area (Å²) in [6.45, 7) is 4.34. The highest BCUT2D eigenvalue weighted by Gasteiger charge is 2.59. The van der Waals surface area contributed by atoms with E-state index in [0.717, 1.165) is 31.2 Å². The Morgan fingerprint density at radius 3 is 2.81 bits per heavy atom. The molecule has 0 spiro atoms. The number of carbonyl (C=O) groups excluding carboxylic acids is 1. The molecule has 1 fully saturated rings. The molecule has 1 aromatic rings. The van der Waals surface area contributed by atoms with Gasteiger partial charge in [-0.2, -0.15) is 0 Å². The van der Waals surface area contributed by atoms with Gasteiger partial charge in [-0.15, -0.1) is 0 Å². The molecule has 26 heavy (non-hydrogen) atoms. The molecule has 5 nitrogen and oxygen atoms in total. The molecule has 2 aliphatic rings. The summed E-state index contributed by atoms with van der Waals surface area (Å²) < 4.78 is 10.2. The Hall–Kier alpha value is -1.59. The third kappa shape index (κ3) is 3.01. The van der Waals surface area contributed by atoms with Crippen LogP contribution >= 0.6 is 0 Å². The molecule has 144 valence electrons. The van der Waals surface area contributed by atoms with Crippen LogP contribution in [-0.2, 0) is 16.0 Å². The van der Waals surface area contributed by atoms with E-state index in [2.05, 4.69) is 13.8 Å². The second-order valence-corrected chi connectivity index (χ2v) is 8.36. The van der Waals surface area contributed by atoms with Crippen LogP contribution in [0.1, 0.15) is 45.1 Å². The highest BCUT2D eigenvalue weighted by molar-refractivity contribution is 5.90. The van der Waals surface area contributed by atoms with Gasteiger partial charge in [-0.05, 0) is 55.1 Å². The van der Waals surface area contributed by atoms with Crippen LogP contribution in [-0.4, -0.2) is 36.0 Å². The van der Waals surface area contributed by atoms with Crippen molar-refractivity contribution in [2.24, 2.45) is 22.7 Å². The van der Waals surface area contributed by atoms with E-state index in [4.69, 9.17) is 9.15 Å². The van der Waals surface area contributed by atoms with Crippen LogP contribution in [0.15, 0.2) is 34.7 Å². The number of aryl methyl sites for hydroxylation is 1. The van der Waals surface area contributed by atoms with Gasteiger partial charge < -0.3 is 19.4 Å². The Morgan fingerprint density at radius 1 is 1.42 bits per heavy atom. The standard InChI is InChI=1S/C21H30O5/c1-20(9-6-14-8-11-26-13-14)15(12-22)7-10-21(2)16(19(24)25-3)4-5-17(23)18(20)21/h4,8,11,13,15,17-18,22-23H,5-7,9-10,12H2,1-3H3. The van der Waals surface area contributed by atoms with Crippen LogP contribution in [0.25, 0.3) is 0 Å². The molecule has 5 heteroatoms. The van der Waals surface area contributed by atoms with Gasteiger partial charge >= 0.3 is 5.97 Å².